The summed E-state index contributed by atoms with van der Waals surface area (Å²) in [6.07, 6.45) is 3.22. The van der Waals surface area contributed by atoms with E-state index < -0.39 is 27.3 Å². The summed E-state index contributed by atoms with van der Waals surface area (Å²) in [7, 11) is -3.29. The van der Waals surface area contributed by atoms with Crippen LogP contribution in [0.5, 0.6) is 5.75 Å². The van der Waals surface area contributed by atoms with Crippen molar-refractivity contribution in [3.05, 3.63) is 35.4 Å². The molecule has 0 amide bonds. The van der Waals surface area contributed by atoms with Crippen molar-refractivity contribution >= 4 is 15.6 Å². The summed E-state index contributed by atoms with van der Waals surface area (Å²) in [5.74, 6) is -1.35. The molecule has 178 valence electrons. The van der Waals surface area contributed by atoms with Crippen molar-refractivity contribution in [2.24, 2.45) is 17.3 Å². The first-order valence-corrected chi connectivity index (χ1v) is 12.8. The fourth-order valence-corrected chi connectivity index (χ4v) is 6.16. The molecule has 0 aromatic heterocycles. The molecule has 2 fully saturated rings. The number of hydrogen-bond acceptors (Lipinski definition) is 4. The molecule has 9 heteroatoms. The maximum Gasteiger partial charge on any atom is 0.211 e. The van der Waals surface area contributed by atoms with Gasteiger partial charge in [-0.05, 0) is 54.9 Å². The predicted octanol–water partition coefficient (Wildman–Crippen LogP) is 3.71. The molecule has 0 radical (unpaired) electrons. The van der Waals surface area contributed by atoms with Crippen LogP contribution in [0, 0.1) is 28.9 Å². The second kappa shape index (κ2) is 8.02. The van der Waals surface area contributed by atoms with E-state index in [0.717, 1.165) is 24.9 Å². The van der Waals surface area contributed by atoms with E-state index in [0.29, 0.717) is 24.4 Å². The number of benzene rings is 1. The Kier molecular flexibility index (Phi) is 5.91. The second-order valence-corrected chi connectivity index (χ2v) is 12.3. The van der Waals surface area contributed by atoms with Gasteiger partial charge in [-0.15, -0.1) is 0 Å². The van der Waals surface area contributed by atoms with Crippen LogP contribution in [0.1, 0.15) is 32.8 Å². The summed E-state index contributed by atoms with van der Waals surface area (Å²) in [6.45, 7) is 7.89. The van der Waals surface area contributed by atoms with Gasteiger partial charge in [0.15, 0.2) is 17.4 Å². The number of piperidine rings is 1. The van der Waals surface area contributed by atoms with E-state index in [1.54, 1.807) is 19.9 Å². The SMILES string of the molecule is CC(C)(F)CN1CC2C(COc3c(F)cc(C4=CCN(S(C)(=O)=O)CC4)cc3F)C2(C)C1. The third-order valence-corrected chi connectivity index (χ3v) is 8.38. The molecule has 5 nitrogen and oxygen atoms in total. The van der Waals surface area contributed by atoms with Gasteiger partial charge in [-0.25, -0.2) is 21.6 Å². The van der Waals surface area contributed by atoms with Gasteiger partial charge in [-0.1, -0.05) is 13.0 Å². The molecule has 3 aliphatic rings. The highest BCUT2D eigenvalue weighted by molar-refractivity contribution is 7.88. The van der Waals surface area contributed by atoms with Gasteiger partial charge >= 0.3 is 0 Å². The van der Waals surface area contributed by atoms with Gasteiger partial charge < -0.3 is 4.74 Å². The number of sulfonamides is 1. The second-order valence-electron chi connectivity index (χ2n) is 10.3. The summed E-state index contributed by atoms with van der Waals surface area (Å²) in [4.78, 5) is 2.11. The highest BCUT2D eigenvalue weighted by atomic mass is 32.2. The van der Waals surface area contributed by atoms with Crippen LogP contribution in [0.2, 0.25) is 0 Å². The van der Waals surface area contributed by atoms with E-state index in [1.165, 1.54) is 16.4 Å². The first kappa shape index (κ1) is 23.6. The van der Waals surface area contributed by atoms with Crippen molar-refractivity contribution in [3.63, 3.8) is 0 Å². The molecule has 1 saturated carbocycles. The van der Waals surface area contributed by atoms with Crippen molar-refractivity contribution in [1.29, 1.82) is 0 Å². The Hall–Kier alpha value is -1.58. The molecule has 1 aromatic rings. The highest BCUT2D eigenvalue weighted by Gasteiger charge is 2.66. The van der Waals surface area contributed by atoms with Gasteiger partial charge in [0, 0.05) is 38.6 Å². The number of rotatable bonds is 7. The number of likely N-dealkylation sites (tertiary alicyclic amines) is 1. The zero-order chi connectivity index (χ0) is 23.5. The lowest BCUT2D eigenvalue weighted by atomic mass is 10.00. The molecule has 1 aliphatic carbocycles. The molecule has 0 N–H and O–H groups in total. The van der Waals surface area contributed by atoms with Crippen LogP contribution < -0.4 is 4.74 Å². The predicted molar refractivity (Wildman–Crippen MR) is 118 cm³/mol. The molecule has 0 bridgehead atoms. The summed E-state index contributed by atoms with van der Waals surface area (Å²) < 4.78 is 73.5. The monoisotopic (exact) mass is 472 g/mol. The lowest BCUT2D eigenvalue weighted by Gasteiger charge is -2.27. The molecule has 4 rings (SSSR count). The van der Waals surface area contributed by atoms with Crippen molar-refractivity contribution in [2.75, 3.05) is 45.6 Å². The lowest BCUT2D eigenvalue weighted by molar-refractivity contribution is 0.119. The summed E-state index contributed by atoms with van der Waals surface area (Å²) in [5.41, 5.74) is -0.129. The normalized spacial score (nSPS) is 29.0. The third kappa shape index (κ3) is 4.70. The molecule has 1 aromatic carbocycles. The Balaban J connectivity index is 1.37. The van der Waals surface area contributed by atoms with Crippen LogP contribution in [0.4, 0.5) is 13.2 Å². The molecular formula is C23H31F3N2O3S. The van der Waals surface area contributed by atoms with Gasteiger partial charge in [0.1, 0.15) is 5.67 Å². The minimum atomic E-state index is -3.29. The number of alkyl halides is 1. The minimum Gasteiger partial charge on any atom is -0.487 e. The number of nitrogens with zero attached hydrogens (tertiary/aromatic N) is 2. The van der Waals surface area contributed by atoms with Gasteiger partial charge in [-0.3, -0.25) is 4.90 Å². The van der Waals surface area contributed by atoms with E-state index in [2.05, 4.69) is 11.8 Å². The van der Waals surface area contributed by atoms with Crippen LogP contribution in [0.3, 0.4) is 0 Å². The quantitative estimate of drug-likeness (QED) is 0.607. The van der Waals surface area contributed by atoms with Crippen molar-refractivity contribution in [2.45, 2.75) is 32.9 Å². The van der Waals surface area contributed by atoms with Crippen LogP contribution in [-0.4, -0.2) is 68.9 Å². The first-order chi connectivity index (χ1) is 14.8. The minimum absolute atomic E-state index is 0.00343. The molecule has 3 atom stereocenters. The van der Waals surface area contributed by atoms with Crippen LogP contribution in [0.25, 0.3) is 5.57 Å². The van der Waals surface area contributed by atoms with E-state index in [1.807, 2.05) is 0 Å². The summed E-state index contributed by atoms with van der Waals surface area (Å²) in [5, 5.41) is 0. The largest absolute Gasteiger partial charge is 0.487 e. The number of fused-ring (bicyclic) bond motifs is 1. The number of ether oxygens (including phenoxy) is 1. The standard InChI is InChI=1S/C23H31F3N2O3S/c1-22(2,26)13-27-11-17-18(23(17,3)14-27)12-31-21-19(24)9-16(10-20(21)25)15-5-7-28(8-6-15)32(4,29)30/h5,9-10,17-18H,6-8,11-14H2,1-4H3. The Morgan fingerprint density at radius 3 is 2.38 bits per heavy atom. The van der Waals surface area contributed by atoms with Crippen molar-refractivity contribution < 1.29 is 26.3 Å². The third-order valence-electron chi connectivity index (χ3n) is 7.11. The fraction of sp³-hybridized carbons (Fsp3) is 0.652. The van der Waals surface area contributed by atoms with E-state index in [9.17, 15) is 21.6 Å². The average molecular weight is 473 g/mol. The van der Waals surface area contributed by atoms with E-state index in [-0.39, 0.29) is 36.8 Å². The van der Waals surface area contributed by atoms with Crippen molar-refractivity contribution in [3.8, 4) is 5.75 Å². The van der Waals surface area contributed by atoms with Gasteiger partial charge in [-0.2, -0.15) is 4.31 Å². The maximum absolute atomic E-state index is 14.7. The number of halogens is 3. The Morgan fingerprint density at radius 2 is 1.91 bits per heavy atom. The molecule has 1 saturated heterocycles. The Bertz CT molecular complexity index is 1010. The number of hydrogen-bond donors (Lipinski definition) is 0. The first-order valence-electron chi connectivity index (χ1n) is 11.0. The lowest BCUT2D eigenvalue weighted by Crippen LogP contribution is -2.37. The molecule has 2 aliphatic heterocycles. The molecule has 3 unspecified atom stereocenters. The van der Waals surface area contributed by atoms with Crippen LogP contribution >= 0.6 is 0 Å². The Morgan fingerprint density at radius 1 is 1.25 bits per heavy atom. The fourth-order valence-electron chi connectivity index (χ4n) is 5.39. The van der Waals surface area contributed by atoms with Crippen LogP contribution in [0.15, 0.2) is 18.2 Å². The van der Waals surface area contributed by atoms with Crippen molar-refractivity contribution in [1.82, 2.24) is 9.21 Å². The zero-order valence-electron chi connectivity index (χ0n) is 19.0. The topological polar surface area (TPSA) is 49.9 Å². The highest BCUT2D eigenvalue weighted by Crippen LogP contribution is 2.63. The van der Waals surface area contributed by atoms with Gasteiger partial charge in [0.05, 0.1) is 12.9 Å². The van der Waals surface area contributed by atoms with Crippen LogP contribution in [-0.2, 0) is 10.0 Å². The zero-order valence-corrected chi connectivity index (χ0v) is 19.8. The molecule has 32 heavy (non-hydrogen) atoms. The smallest absolute Gasteiger partial charge is 0.211 e. The van der Waals surface area contributed by atoms with Gasteiger partial charge in [0.25, 0.3) is 0 Å². The average Bonchev–Trinajstić information content (AvgIpc) is 3.03. The van der Waals surface area contributed by atoms with E-state index in [4.69, 9.17) is 4.74 Å². The van der Waals surface area contributed by atoms with E-state index >= 15 is 0 Å². The van der Waals surface area contributed by atoms with Gasteiger partial charge in [0.2, 0.25) is 10.0 Å². The summed E-state index contributed by atoms with van der Waals surface area (Å²) >= 11 is 0. The molecule has 2 heterocycles. The Labute approximate surface area is 188 Å². The molecule has 0 spiro atoms. The molecular weight excluding hydrogens is 441 g/mol. The summed E-state index contributed by atoms with van der Waals surface area (Å²) in [6, 6.07) is 2.50. The maximum atomic E-state index is 14.7.